The zero-order valence-corrected chi connectivity index (χ0v) is 12.3. The van der Waals surface area contributed by atoms with E-state index in [9.17, 15) is 8.42 Å². The maximum Gasteiger partial charge on any atom is 0.279 e. The van der Waals surface area contributed by atoms with Crippen molar-refractivity contribution in [2.75, 3.05) is 33.4 Å². The second kappa shape index (κ2) is 6.99. The fourth-order valence-electron chi connectivity index (χ4n) is 2.60. The van der Waals surface area contributed by atoms with E-state index in [4.69, 9.17) is 9.47 Å². The molecule has 0 spiro atoms. The van der Waals surface area contributed by atoms with Gasteiger partial charge in [-0.1, -0.05) is 19.3 Å². The van der Waals surface area contributed by atoms with Crippen molar-refractivity contribution in [1.29, 1.82) is 0 Å². The first kappa shape index (κ1) is 15.2. The summed E-state index contributed by atoms with van der Waals surface area (Å²) in [5.41, 5.74) is 0. The Morgan fingerprint density at radius 1 is 1.21 bits per heavy atom. The van der Waals surface area contributed by atoms with E-state index in [0.29, 0.717) is 19.8 Å². The van der Waals surface area contributed by atoms with Crippen molar-refractivity contribution in [1.82, 2.24) is 9.03 Å². The van der Waals surface area contributed by atoms with Crippen LogP contribution in [-0.4, -0.2) is 58.3 Å². The maximum absolute atomic E-state index is 12.2. The molecule has 0 aromatic carbocycles. The van der Waals surface area contributed by atoms with Crippen LogP contribution in [0.1, 0.15) is 32.1 Å². The molecule has 2 rings (SSSR count). The minimum absolute atomic E-state index is 0.134. The second-order valence-electron chi connectivity index (χ2n) is 5.23. The molecular weight excluding hydrogens is 268 g/mol. The van der Waals surface area contributed by atoms with Gasteiger partial charge in [0.15, 0.2) is 0 Å². The molecule has 19 heavy (non-hydrogen) atoms. The average Bonchev–Trinajstić information content (AvgIpc) is 2.46. The monoisotopic (exact) mass is 292 g/mol. The van der Waals surface area contributed by atoms with Gasteiger partial charge in [0.2, 0.25) is 0 Å². The highest BCUT2D eigenvalue weighted by atomic mass is 32.2. The molecule has 0 radical (unpaired) electrons. The lowest BCUT2D eigenvalue weighted by atomic mass is 9.96. The van der Waals surface area contributed by atoms with Gasteiger partial charge in [0.1, 0.15) is 0 Å². The van der Waals surface area contributed by atoms with E-state index in [1.54, 1.807) is 7.05 Å². The zero-order valence-electron chi connectivity index (χ0n) is 11.5. The third-order valence-corrected chi connectivity index (χ3v) is 5.43. The summed E-state index contributed by atoms with van der Waals surface area (Å²) in [5, 5.41) is 0. The highest BCUT2D eigenvalue weighted by Gasteiger charge is 2.28. The molecule has 0 aromatic heterocycles. The summed E-state index contributed by atoms with van der Waals surface area (Å²) in [6.45, 7) is 1.85. The normalized spacial score (nSPS) is 26.7. The summed E-state index contributed by atoms with van der Waals surface area (Å²) in [4.78, 5) is 0. The molecule has 1 aliphatic heterocycles. The van der Waals surface area contributed by atoms with Crippen LogP contribution in [0.4, 0.5) is 0 Å². The van der Waals surface area contributed by atoms with Gasteiger partial charge in [0.05, 0.1) is 25.9 Å². The molecule has 1 atom stereocenters. The van der Waals surface area contributed by atoms with Crippen molar-refractivity contribution in [2.24, 2.45) is 0 Å². The first-order chi connectivity index (χ1) is 9.09. The van der Waals surface area contributed by atoms with Gasteiger partial charge in [0.25, 0.3) is 10.2 Å². The standard InChI is InChI=1S/C12H24N2O4S/c1-14(11-5-3-2-4-6-11)19(15,16)13-9-12-10-17-7-8-18-12/h11-13H,2-10H2,1H3. The van der Waals surface area contributed by atoms with Crippen molar-refractivity contribution >= 4 is 10.2 Å². The molecule has 1 N–H and O–H groups in total. The van der Waals surface area contributed by atoms with Crippen molar-refractivity contribution in [3.63, 3.8) is 0 Å². The van der Waals surface area contributed by atoms with E-state index in [0.717, 1.165) is 25.7 Å². The fraction of sp³-hybridized carbons (Fsp3) is 1.00. The lowest BCUT2D eigenvalue weighted by Crippen LogP contribution is -2.48. The Bertz CT molecular complexity index is 362. The predicted octanol–water partition coefficient (Wildman–Crippen LogP) is 0.501. The quantitative estimate of drug-likeness (QED) is 0.801. The Hall–Kier alpha value is -0.210. The Balaban J connectivity index is 1.82. The molecule has 1 aliphatic carbocycles. The first-order valence-electron chi connectivity index (χ1n) is 7.01. The van der Waals surface area contributed by atoms with Crippen LogP contribution in [-0.2, 0) is 19.7 Å². The Labute approximate surface area is 115 Å². The highest BCUT2D eigenvalue weighted by Crippen LogP contribution is 2.22. The summed E-state index contributed by atoms with van der Waals surface area (Å²) >= 11 is 0. The SMILES string of the molecule is CN(C1CCCCC1)S(=O)(=O)NCC1COCCO1. The fourth-order valence-corrected chi connectivity index (χ4v) is 3.80. The molecule has 7 heteroatoms. The number of nitrogens with zero attached hydrogens (tertiary/aromatic N) is 1. The predicted molar refractivity (Wildman–Crippen MR) is 72.1 cm³/mol. The van der Waals surface area contributed by atoms with Crippen LogP contribution in [0.3, 0.4) is 0 Å². The van der Waals surface area contributed by atoms with E-state index >= 15 is 0 Å². The van der Waals surface area contributed by atoms with Gasteiger partial charge in [0, 0.05) is 19.6 Å². The number of hydrogen-bond donors (Lipinski definition) is 1. The number of hydrogen-bond acceptors (Lipinski definition) is 4. The Morgan fingerprint density at radius 3 is 2.58 bits per heavy atom. The van der Waals surface area contributed by atoms with Crippen LogP contribution in [0.5, 0.6) is 0 Å². The number of ether oxygens (including phenoxy) is 2. The average molecular weight is 292 g/mol. The minimum Gasteiger partial charge on any atom is -0.376 e. The van der Waals surface area contributed by atoms with Crippen LogP contribution < -0.4 is 4.72 Å². The Kier molecular flexibility index (Phi) is 5.58. The topological polar surface area (TPSA) is 67.9 Å². The van der Waals surface area contributed by atoms with Crippen LogP contribution in [0.2, 0.25) is 0 Å². The van der Waals surface area contributed by atoms with E-state index in [1.165, 1.54) is 10.7 Å². The van der Waals surface area contributed by atoms with E-state index in [1.807, 2.05) is 0 Å². The van der Waals surface area contributed by atoms with Crippen LogP contribution in [0, 0.1) is 0 Å². The van der Waals surface area contributed by atoms with Crippen LogP contribution >= 0.6 is 0 Å². The van der Waals surface area contributed by atoms with E-state index < -0.39 is 10.2 Å². The molecule has 1 heterocycles. The molecule has 1 unspecified atom stereocenters. The van der Waals surface area contributed by atoms with Gasteiger partial charge in [-0.2, -0.15) is 17.4 Å². The summed E-state index contributed by atoms with van der Waals surface area (Å²) < 4.78 is 39.2. The first-order valence-corrected chi connectivity index (χ1v) is 8.45. The number of rotatable bonds is 5. The highest BCUT2D eigenvalue weighted by molar-refractivity contribution is 7.87. The largest absolute Gasteiger partial charge is 0.376 e. The van der Waals surface area contributed by atoms with Crippen molar-refractivity contribution in [2.45, 2.75) is 44.2 Å². The molecule has 0 bridgehead atoms. The van der Waals surface area contributed by atoms with Gasteiger partial charge in [-0.05, 0) is 12.8 Å². The lowest BCUT2D eigenvalue weighted by molar-refractivity contribution is -0.0847. The molecule has 6 nitrogen and oxygen atoms in total. The van der Waals surface area contributed by atoms with Crippen molar-refractivity contribution in [3.05, 3.63) is 0 Å². The summed E-state index contributed by atoms with van der Waals surface area (Å²) in [7, 11) is -1.75. The third kappa shape index (κ3) is 4.39. The third-order valence-electron chi connectivity index (χ3n) is 3.85. The van der Waals surface area contributed by atoms with Crippen molar-refractivity contribution in [3.8, 4) is 0 Å². The molecule has 112 valence electrons. The molecule has 2 aliphatic rings. The van der Waals surface area contributed by atoms with Crippen LogP contribution in [0.15, 0.2) is 0 Å². The van der Waals surface area contributed by atoms with Gasteiger partial charge in [-0.25, -0.2) is 0 Å². The number of nitrogens with one attached hydrogen (secondary N) is 1. The lowest BCUT2D eigenvalue weighted by Gasteiger charge is -2.31. The van der Waals surface area contributed by atoms with Gasteiger partial charge >= 0.3 is 0 Å². The van der Waals surface area contributed by atoms with Crippen molar-refractivity contribution < 1.29 is 17.9 Å². The second-order valence-corrected chi connectivity index (χ2v) is 7.04. The molecule has 1 saturated heterocycles. The van der Waals surface area contributed by atoms with Gasteiger partial charge < -0.3 is 9.47 Å². The van der Waals surface area contributed by atoms with E-state index in [2.05, 4.69) is 4.72 Å². The van der Waals surface area contributed by atoms with Gasteiger partial charge in [-0.3, -0.25) is 0 Å². The van der Waals surface area contributed by atoms with Gasteiger partial charge in [-0.15, -0.1) is 0 Å². The molecule has 1 saturated carbocycles. The summed E-state index contributed by atoms with van der Waals surface area (Å²) in [6.07, 6.45) is 5.18. The summed E-state index contributed by atoms with van der Waals surface area (Å²) in [5.74, 6) is 0. The molecule has 2 fully saturated rings. The van der Waals surface area contributed by atoms with Crippen LogP contribution in [0.25, 0.3) is 0 Å². The molecule has 0 aromatic rings. The zero-order chi connectivity index (χ0) is 13.7. The molecular formula is C12H24N2O4S. The minimum atomic E-state index is -3.41. The summed E-state index contributed by atoms with van der Waals surface area (Å²) in [6, 6.07) is 0.134. The maximum atomic E-state index is 12.2. The van der Waals surface area contributed by atoms with E-state index in [-0.39, 0.29) is 18.7 Å². The smallest absolute Gasteiger partial charge is 0.279 e. The molecule has 0 amide bonds. The Morgan fingerprint density at radius 2 is 1.95 bits per heavy atom.